The molecule has 2 saturated carbocycles. The standard InChI is InChI=1S/C22H36N4O4S/c1-16(2)31(28,29)25-12-10-24(11-13-25)20-15-23-26(18-6-4-5-7-18)22(27)21(20)30-19-9-8-17(3)14-19/h15-19H,4-14H2,1-3H3/t17-,19-/m0/s1. The summed E-state index contributed by atoms with van der Waals surface area (Å²) < 4.78 is 34.6. The van der Waals surface area contributed by atoms with Gasteiger partial charge in [0.15, 0.2) is 0 Å². The maximum atomic E-state index is 13.4. The molecule has 0 radical (unpaired) electrons. The van der Waals surface area contributed by atoms with E-state index in [9.17, 15) is 13.2 Å². The van der Waals surface area contributed by atoms with Crippen molar-refractivity contribution in [3.8, 4) is 5.75 Å². The highest BCUT2D eigenvalue weighted by atomic mass is 32.2. The van der Waals surface area contributed by atoms with E-state index in [0.29, 0.717) is 43.5 Å². The number of nitrogens with zero attached hydrogens (tertiary/aromatic N) is 4. The Labute approximate surface area is 185 Å². The third-order valence-electron chi connectivity index (χ3n) is 7.08. The number of hydrogen-bond acceptors (Lipinski definition) is 6. The topological polar surface area (TPSA) is 84.7 Å². The monoisotopic (exact) mass is 452 g/mol. The van der Waals surface area contributed by atoms with Crippen molar-refractivity contribution in [2.75, 3.05) is 31.1 Å². The molecule has 174 valence electrons. The van der Waals surface area contributed by atoms with Crippen molar-refractivity contribution >= 4 is 15.7 Å². The molecule has 31 heavy (non-hydrogen) atoms. The van der Waals surface area contributed by atoms with Gasteiger partial charge in [0.25, 0.3) is 0 Å². The van der Waals surface area contributed by atoms with Crippen molar-refractivity contribution in [2.45, 2.75) is 83.1 Å². The van der Waals surface area contributed by atoms with Crippen LogP contribution in [0.5, 0.6) is 5.75 Å². The van der Waals surface area contributed by atoms with E-state index < -0.39 is 15.3 Å². The van der Waals surface area contributed by atoms with Crippen molar-refractivity contribution < 1.29 is 13.2 Å². The molecule has 9 heteroatoms. The number of piperazine rings is 1. The van der Waals surface area contributed by atoms with Crippen LogP contribution in [0.4, 0.5) is 5.69 Å². The predicted molar refractivity (Wildman–Crippen MR) is 121 cm³/mol. The molecule has 4 rings (SSSR count). The molecule has 0 amide bonds. The summed E-state index contributed by atoms with van der Waals surface area (Å²) in [7, 11) is -3.27. The van der Waals surface area contributed by atoms with Gasteiger partial charge in [-0.25, -0.2) is 13.1 Å². The van der Waals surface area contributed by atoms with E-state index in [4.69, 9.17) is 4.74 Å². The molecule has 0 unspecified atom stereocenters. The average molecular weight is 453 g/mol. The molecule has 0 N–H and O–H groups in total. The number of rotatable bonds is 6. The molecule has 2 atom stereocenters. The van der Waals surface area contributed by atoms with E-state index in [0.717, 1.165) is 44.9 Å². The molecule has 3 aliphatic rings. The Morgan fingerprint density at radius 3 is 2.32 bits per heavy atom. The highest BCUT2D eigenvalue weighted by molar-refractivity contribution is 7.89. The number of anilines is 1. The van der Waals surface area contributed by atoms with Crippen LogP contribution < -0.4 is 15.2 Å². The van der Waals surface area contributed by atoms with E-state index in [1.54, 1.807) is 29.0 Å². The fraction of sp³-hybridized carbons (Fsp3) is 0.818. The lowest BCUT2D eigenvalue weighted by Crippen LogP contribution is -2.50. The van der Waals surface area contributed by atoms with Gasteiger partial charge in [-0.2, -0.15) is 9.40 Å². The number of hydrogen-bond donors (Lipinski definition) is 0. The lowest BCUT2D eigenvalue weighted by Gasteiger charge is -2.36. The second kappa shape index (κ2) is 9.10. The van der Waals surface area contributed by atoms with Crippen molar-refractivity contribution in [3.63, 3.8) is 0 Å². The molecule has 1 aliphatic heterocycles. The Morgan fingerprint density at radius 2 is 1.74 bits per heavy atom. The summed E-state index contributed by atoms with van der Waals surface area (Å²) in [4.78, 5) is 15.5. The number of ether oxygens (including phenoxy) is 1. The Balaban J connectivity index is 1.59. The van der Waals surface area contributed by atoms with Gasteiger partial charge >= 0.3 is 5.56 Å². The van der Waals surface area contributed by atoms with Crippen LogP contribution >= 0.6 is 0 Å². The first-order valence-electron chi connectivity index (χ1n) is 11.8. The summed E-state index contributed by atoms with van der Waals surface area (Å²) in [5, 5.41) is 4.10. The Morgan fingerprint density at radius 1 is 1.06 bits per heavy atom. The van der Waals surface area contributed by atoms with Crippen LogP contribution in [0.15, 0.2) is 11.0 Å². The highest BCUT2D eigenvalue weighted by Gasteiger charge is 2.33. The molecule has 2 aliphatic carbocycles. The smallest absolute Gasteiger partial charge is 0.311 e. The molecule has 1 saturated heterocycles. The zero-order valence-electron chi connectivity index (χ0n) is 19.0. The Hall–Kier alpha value is -1.61. The number of aromatic nitrogens is 2. The van der Waals surface area contributed by atoms with Gasteiger partial charge in [-0.3, -0.25) is 4.79 Å². The minimum absolute atomic E-state index is 0.0588. The van der Waals surface area contributed by atoms with E-state index in [1.165, 1.54) is 0 Å². The Kier molecular flexibility index (Phi) is 6.62. The fourth-order valence-electron chi connectivity index (χ4n) is 5.10. The van der Waals surface area contributed by atoms with Gasteiger partial charge in [0.1, 0.15) is 5.69 Å². The first kappa shape index (κ1) is 22.6. The normalized spacial score (nSPS) is 26.1. The van der Waals surface area contributed by atoms with Crippen molar-refractivity contribution in [1.29, 1.82) is 0 Å². The minimum atomic E-state index is -3.27. The molecular weight excluding hydrogens is 416 g/mol. The van der Waals surface area contributed by atoms with E-state index >= 15 is 0 Å². The fourth-order valence-corrected chi connectivity index (χ4v) is 6.37. The van der Waals surface area contributed by atoms with Crippen LogP contribution in [0, 0.1) is 5.92 Å². The molecule has 8 nitrogen and oxygen atoms in total. The largest absolute Gasteiger partial charge is 0.483 e. The van der Waals surface area contributed by atoms with Gasteiger partial charge in [-0.05, 0) is 51.9 Å². The number of sulfonamides is 1. The molecule has 0 bridgehead atoms. The summed E-state index contributed by atoms with van der Waals surface area (Å²) in [5.74, 6) is 1.01. The van der Waals surface area contributed by atoms with Gasteiger partial charge in [0.05, 0.1) is 23.6 Å². The first-order valence-corrected chi connectivity index (χ1v) is 13.3. The molecule has 2 heterocycles. The van der Waals surface area contributed by atoms with E-state index in [2.05, 4.69) is 16.9 Å². The summed E-state index contributed by atoms with van der Waals surface area (Å²) in [6.45, 7) is 7.52. The van der Waals surface area contributed by atoms with Crippen LogP contribution in [-0.4, -0.2) is 60.0 Å². The van der Waals surface area contributed by atoms with Crippen molar-refractivity contribution in [3.05, 3.63) is 16.6 Å². The van der Waals surface area contributed by atoms with Crippen molar-refractivity contribution in [1.82, 2.24) is 14.1 Å². The van der Waals surface area contributed by atoms with Crippen LogP contribution in [-0.2, 0) is 10.0 Å². The first-order chi connectivity index (χ1) is 14.8. The average Bonchev–Trinajstić information content (AvgIpc) is 3.41. The Bertz CT molecular complexity index is 931. The van der Waals surface area contributed by atoms with Gasteiger partial charge in [0, 0.05) is 26.2 Å². The van der Waals surface area contributed by atoms with Crippen molar-refractivity contribution in [2.24, 2.45) is 5.92 Å². The summed E-state index contributed by atoms with van der Waals surface area (Å²) in [5.41, 5.74) is 0.571. The quantitative estimate of drug-likeness (QED) is 0.660. The van der Waals surface area contributed by atoms with Crippen LogP contribution in [0.1, 0.15) is 71.8 Å². The summed E-state index contributed by atoms with van der Waals surface area (Å²) >= 11 is 0. The van der Waals surface area contributed by atoms with Crippen LogP contribution in [0.3, 0.4) is 0 Å². The summed E-state index contributed by atoms with van der Waals surface area (Å²) in [6.07, 6.45) is 9.09. The second-order valence-electron chi connectivity index (χ2n) is 9.68. The second-order valence-corrected chi connectivity index (χ2v) is 12.2. The molecule has 3 fully saturated rings. The molecule has 1 aromatic rings. The summed E-state index contributed by atoms with van der Waals surface area (Å²) in [6, 6.07) is 0.152. The minimum Gasteiger partial charge on any atom is -0.483 e. The molecule has 0 aromatic carbocycles. The highest BCUT2D eigenvalue weighted by Crippen LogP contribution is 2.34. The lowest BCUT2D eigenvalue weighted by atomic mass is 10.1. The third kappa shape index (κ3) is 4.62. The van der Waals surface area contributed by atoms with E-state index in [-0.39, 0.29) is 17.7 Å². The van der Waals surface area contributed by atoms with E-state index in [1.807, 2.05) is 0 Å². The predicted octanol–water partition coefficient (Wildman–Crippen LogP) is 2.79. The maximum Gasteiger partial charge on any atom is 0.311 e. The van der Waals surface area contributed by atoms with Gasteiger partial charge < -0.3 is 9.64 Å². The zero-order valence-corrected chi connectivity index (χ0v) is 19.8. The van der Waals surface area contributed by atoms with Crippen LogP contribution in [0.25, 0.3) is 0 Å². The molecule has 1 aromatic heterocycles. The van der Waals surface area contributed by atoms with Crippen LogP contribution in [0.2, 0.25) is 0 Å². The maximum absolute atomic E-state index is 13.4. The SMILES string of the molecule is CC(C)S(=O)(=O)N1CCN(c2cnn(C3CCCC3)c(=O)c2O[C@H]2CC[C@H](C)C2)CC1. The molecule has 0 spiro atoms. The van der Waals surface area contributed by atoms with Gasteiger partial charge in [-0.15, -0.1) is 0 Å². The molecular formula is C22H36N4O4S. The third-order valence-corrected chi connectivity index (χ3v) is 9.35. The lowest BCUT2D eigenvalue weighted by molar-refractivity contribution is 0.199. The van der Waals surface area contributed by atoms with Gasteiger partial charge in [0.2, 0.25) is 15.8 Å². The van der Waals surface area contributed by atoms with Gasteiger partial charge in [-0.1, -0.05) is 19.8 Å². The zero-order chi connectivity index (χ0) is 22.2.